The molecule has 0 unspecified atom stereocenters. The summed E-state index contributed by atoms with van der Waals surface area (Å²) in [6, 6.07) is 0. The summed E-state index contributed by atoms with van der Waals surface area (Å²) in [5.74, 6) is 2.04. The summed E-state index contributed by atoms with van der Waals surface area (Å²) in [6.07, 6.45) is 10.5. The van der Waals surface area contributed by atoms with Gasteiger partial charge >= 0.3 is 0 Å². The van der Waals surface area contributed by atoms with Gasteiger partial charge in [-0.1, -0.05) is 39.0 Å². The van der Waals surface area contributed by atoms with Crippen molar-refractivity contribution in [3.63, 3.8) is 0 Å². The van der Waals surface area contributed by atoms with E-state index in [4.69, 9.17) is 10.5 Å². The summed E-state index contributed by atoms with van der Waals surface area (Å²) in [4.78, 5) is 8.28. The van der Waals surface area contributed by atoms with Crippen LogP contribution in [0.25, 0.3) is 0 Å². The molecule has 0 aromatic carbocycles. The van der Waals surface area contributed by atoms with Gasteiger partial charge in [0.1, 0.15) is 12.0 Å². The highest BCUT2D eigenvalue weighted by molar-refractivity contribution is 5.66. The van der Waals surface area contributed by atoms with E-state index in [0.717, 1.165) is 18.9 Å². The third-order valence-corrected chi connectivity index (χ3v) is 3.86. The molecule has 2 rings (SSSR count). The van der Waals surface area contributed by atoms with Crippen molar-refractivity contribution in [2.45, 2.75) is 51.9 Å². The largest absolute Gasteiger partial charge is 0.476 e. The number of nitrogen functional groups attached to an aromatic ring is 1. The zero-order valence-electron chi connectivity index (χ0n) is 12.4. The van der Waals surface area contributed by atoms with E-state index < -0.39 is 0 Å². The summed E-state index contributed by atoms with van der Waals surface area (Å²) in [5.41, 5.74) is 6.55. The molecule has 1 aromatic rings. The molecule has 0 aliphatic heterocycles. The average molecular weight is 278 g/mol. The maximum Gasteiger partial charge on any atom is 0.242 e. The van der Waals surface area contributed by atoms with Crippen molar-refractivity contribution >= 4 is 11.5 Å². The molecule has 1 aromatic heterocycles. The van der Waals surface area contributed by atoms with Gasteiger partial charge in [-0.15, -0.1) is 0 Å². The molecule has 0 amide bonds. The van der Waals surface area contributed by atoms with E-state index in [-0.39, 0.29) is 0 Å². The normalized spacial score (nSPS) is 16.1. The molecule has 20 heavy (non-hydrogen) atoms. The first kappa shape index (κ1) is 14.9. The predicted octanol–water partition coefficient (Wildman–Crippen LogP) is 3.23. The highest BCUT2D eigenvalue weighted by Crippen LogP contribution is 2.27. The molecule has 0 atom stereocenters. The fraction of sp³-hybridized carbons (Fsp3) is 0.733. The average Bonchev–Trinajstić information content (AvgIpc) is 2.49. The van der Waals surface area contributed by atoms with Gasteiger partial charge in [0.25, 0.3) is 0 Å². The summed E-state index contributed by atoms with van der Waals surface area (Å²) >= 11 is 0. The van der Waals surface area contributed by atoms with Crippen LogP contribution >= 0.6 is 0 Å². The molecule has 1 aliphatic carbocycles. The summed E-state index contributed by atoms with van der Waals surface area (Å²) in [7, 11) is 0. The SMILES string of the molecule is CCCOc1ncnc(NCCC2CCCCC2)c1N. The van der Waals surface area contributed by atoms with Gasteiger partial charge in [0.05, 0.1) is 6.61 Å². The van der Waals surface area contributed by atoms with Crippen LogP contribution in [0.5, 0.6) is 5.88 Å². The number of aromatic nitrogens is 2. The van der Waals surface area contributed by atoms with Gasteiger partial charge < -0.3 is 15.8 Å². The van der Waals surface area contributed by atoms with Gasteiger partial charge in [-0.05, 0) is 18.8 Å². The minimum absolute atomic E-state index is 0.488. The zero-order chi connectivity index (χ0) is 14.2. The van der Waals surface area contributed by atoms with E-state index in [1.165, 1.54) is 44.9 Å². The van der Waals surface area contributed by atoms with Crippen LogP contribution in [-0.4, -0.2) is 23.1 Å². The Kier molecular flexibility index (Phi) is 5.89. The number of hydrogen-bond donors (Lipinski definition) is 2. The molecule has 5 nitrogen and oxygen atoms in total. The van der Waals surface area contributed by atoms with Crippen LogP contribution in [0.3, 0.4) is 0 Å². The zero-order valence-corrected chi connectivity index (χ0v) is 12.4. The van der Waals surface area contributed by atoms with Crippen LogP contribution < -0.4 is 15.8 Å². The molecule has 0 spiro atoms. The lowest BCUT2D eigenvalue weighted by Crippen LogP contribution is -2.14. The van der Waals surface area contributed by atoms with Crippen LogP contribution in [-0.2, 0) is 0 Å². The molecule has 0 bridgehead atoms. The molecule has 1 saturated carbocycles. The smallest absolute Gasteiger partial charge is 0.242 e. The molecule has 1 aliphatic rings. The Labute approximate surface area is 121 Å². The minimum Gasteiger partial charge on any atom is -0.476 e. The van der Waals surface area contributed by atoms with Crippen LogP contribution in [0.4, 0.5) is 11.5 Å². The van der Waals surface area contributed by atoms with Crippen LogP contribution in [0.1, 0.15) is 51.9 Å². The maximum atomic E-state index is 6.03. The van der Waals surface area contributed by atoms with Crippen molar-refractivity contribution < 1.29 is 4.74 Å². The Morgan fingerprint density at radius 3 is 2.85 bits per heavy atom. The fourth-order valence-corrected chi connectivity index (χ4v) is 2.70. The Morgan fingerprint density at radius 1 is 1.30 bits per heavy atom. The third-order valence-electron chi connectivity index (χ3n) is 3.86. The third kappa shape index (κ3) is 4.25. The Morgan fingerprint density at radius 2 is 2.10 bits per heavy atom. The van der Waals surface area contributed by atoms with E-state index in [1.54, 1.807) is 0 Å². The first-order chi connectivity index (χ1) is 9.81. The molecule has 0 saturated heterocycles. The van der Waals surface area contributed by atoms with Gasteiger partial charge in [0.15, 0.2) is 5.82 Å². The van der Waals surface area contributed by atoms with E-state index in [0.29, 0.717) is 24.0 Å². The van der Waals surface area contributed by atoms with Crippen LogP contribution in [0, 0.1) is 5.92 Å². The fourth-order valence-electron chi connectivity index (χ4n) is 2.70. The van der Waals surface area contributed by atoms with E-state index in [1.807, 2.05) is 0 Å². The summed E-state index contributed by atoms with van der Waals surface area (Å²) in [5, 5.41) is 3.32. The van der Waals surface area contributed by atoms with Gasteiger partial charge in [-0.2, -0.15) is 4.98 Å². The quantitative estimate of drug-likeness (QED) is 0.801. The van der Waals surface area contributed by atoms with Crippen molar-refractivity contribution in [1.82, 2.24) is 9.97 Å². The lowest BCUT2D eigenvalue weighted by molar-refractivity contribution is 0.306. The number of nitrogens with zero attached hydrogens (tertiary/aromatic N) is 2. The number of rotatable bonds is 7. The highest BCUT2D eigenvalue weighted by Gasteiger charge is 2.14. The van der Waals surface area contributed by atoms with Gasteiger partial charge in [-0.3, -0.25) is 0 Å². The van der Waals surface area contributed by atoms with Crippen molar-refractivity contribution in [1.29, 1.82) is 0 Å². The second-order valence-corrected chi connectivity index (χ2v) is 5.51. The number of ether oxygens (including phenoxy) is 1. The van der Waals surface area contributed by atoms with Gasteiger partial charge in [0, 0.05) is 6.54 Å². The molecular weight excluding hydrogens is 252 g/mol. The molecule has 1 heterocycles. The van der Waals surface area contributed by atoms with Crippen molar-refractivity contribution in [3.8, 4) is 5.88 Å². The summed E-state index contributed by atoms with van der Waals surface area (Å²) in [6.45, 7) is 3.60. The number of hydrogen-bond acceptors (Lipinski definition) is 5. The molecular formula is C15H26N4O. The monoisotopic (exact) mass is 278 g/mol. The second kappa shape index (κ2) is 7.92. The van der Waals surface area contributed by atoms with Crippen molar-refractivity contribution in [2.75, 3.05) is 24.2 Å². The Hall–Kier alpha value is -1.52. The van der Waals surface area contributed by atoms with Crippen molar-refractivity contribution in [2.24, 2.45) is 5.92 Å². The summed E-state index contributed by atoms with van der Waals surface area (Å²) < 4.78 is 5.51. The molecule has 112 valence electrons. The molecule has 5 heteroatoms. The second-order valence-electron chi connectivity index (χ2n) is 5.51. The number of nitrogens with two attached hydrogens (primary N) is 1. The van der Waals surface area contributed by atoms with Crippen LogP contribution in [0.15, 0.2) is 6.33 Å². The standard InChI is InChI=1S/C15H26N4O/c1-2-10-20-15-13(16)14(18-11-19-15)17-9-8-12-6-4-3-5-7-12/h11-12H,2-10,16H2,1H3,(H,17,18,19). The van der Waals surface area contributed by atoms with Gasteiger partial charge in [0.2, 0.25) is 5.88 Å². The van der Waals surface area contributed by atoms with E-state index in [2.05, 4.69) is 22.2 Å². The van der Waals surface area contributed by atoms with Crippen molar-refractivity contribution in [3.05, 3.63) is 6.33 Å². The lowest BCUT2D eigenvalue weighted by Gasteiger charge is -2.21. The molecule has 3 N–H and O–H groups in total. The highest BCUT2D eigenvalue weighted by atomic mass is 16.5. The number of anilines is 2. The van der Waals surface area contributed by atoms with E-state index in [9.17, 15) is 0 Å². The lowest BCUT2D eigenvalue weighted by atomic mass is 9.87. The minimum atomic E-state index is 0.488. The molecule has 0 radical (unpaired) electrons. The first-order valence-corrected chi connectivity index (χ1v) is 7.78. The maximum absolute atomic E-state index is 6.03. The Bertz CT molecular complexity index is 405. The number of nitrogens with one attached hydrogen (secondary N) is 1. The van der Waals surface area contributed by atoms with Crippen LogP contribution in [0.2, 0.25) is 0 Å². The Balaban J connectivity index is 1.82. The van der Waals surface area contributed by atoms with E-state index >= 15 is 0 Å². The van der Waals surface area contributed by atoms with Gasteiger partial charge in [-0.25, -0.2) is 4.98 Å². The first-order valence-electron chi connectivity index (χ1n) is 7.78. The molecule has 1 fully saturated rings. The predicted molar refractivity (Wildman–Crippen MR) is 81.9 cm³/mol. The topological polar surface area (TPSA) is 73.1 Å².